The molecule has 0 unspecified atom stereocenters. The summed E-state index contributed by atoms with van der Waals surface area (Å²) in [5.74, 6) is 0.168. The van der Waals surface area contributed by atoms with Gasteiger partial charge in [-0.3, -0.25) is 19.0 Å². The Hall–Kier alpha value is -3.13. The van der Waals surface area contributed by atoms with Crippen LogP contribution in [0.3, 0.4) is 0 Å². The van der Waals surface area contributed by atoms with Crippen LogP contribution in [0, 0.1) is 0 Å². The van der Waals surface area contributed by atoms with Crippen LogP contribution in [-0.4, -0.2) is 33.1 Å². The number of amides is 1. The molecule has 1 aromatic heterocycles. The first-order valence-corrected chi connectivity index (χ1v) is 11.1. The predicted molar refractivity (Wildman–Crippen MR) is 121 cm³/mol. The van der Waals surface area contributed by atoms with Crippen molar-refractivity contribution in [3.63, 3.8) is 0 Å². The molecule has 1 aliphatic rings. The number of ketones is 1. The number of hydrogen-bond donors (Lipinski definition) is 1. The molecule has 2 atom stereocenters. The van der Waals surface area contributed by atoms with E-state index >= 15 is 0 Å². The Morgan fingerprint density at radius 1 is 1.23 bits per heavy atom. The summed E-state index contributed by atoms with van der Waals surface area (Å²) in [6.07, 6.45) is 0.764. The fourth-order valence-corrected chi connectivity index (χ4v) is 4.55. The van der Waals surface area contributed by atoms with Gasteiger partial charge in [0.2, 0.25) is 0 Å². The molecule has 0 bridgehead atoms. The number of thioether (sulfide) groups is 1. The fraction of sp³-hybridized carbons (Fsp3) is 0.304. The van der Waals surface area contributed by atoms with E-state index < -0.39 is 5.25 Å². The van der Waals surface area contributed by atoms with Gasteiger partial charge in [0, 0.05) is 11.6 Å². The van der Waals surface area contributed by atoms with Crippen molar-refractivity contribution in [1.29, 1.82) is 0 Å². The van der Waals surface area contributed by atoms with Crippen molar-refractivity contribution in [2.24, 2.45) is 0 Å². The second-order valence-corrected chi connectivity index (χ2v) is 8.82. The number of nitrogens with zero attached hydrogens (tertiary/aromatic N) is 2. The molecular formula is C23H23N3O4S. The lowest BCUT2D eigenvalue weighted by atomic mass is 10.1. The molecule has 4 rings (SSSR count). The van der Waals surface area contributed by atoms with Gasteiger partial charge >= 0.3 is 0 Å². The molecule has 0 aliphatic carbocycles. The first kappa shape index (κ1) is 21.1. The number of para-hydroxylation sites is 1. The van der Waals surface area contributed by atoms with Gasteiger partial charge in [-0.25, -0.2) is 4.98 Å². The Bertz CT molecular complexity index is 1240. The third kappa shape index (κ3) is 4.07. The van der Waals surface area contributed by atoms with Crippen molar-refractivity contribution in [1.82, 2.24) is 9.55 Å². The molecular weight excluding hydrogens is 414 g/mol. The van der Waals surface area contributed by atoms with Gasteiger partial charge in [0.05, 0.1) is 21.8 Å². The quantitative estimate of drug-likeness (QED) is 0.355. The minimum atomic E-state index is -0.485. The van der Waals surface area contributed by atoms with Crippen LogP contribution in [0.25, 0.3) is 10.9 Å². The van der Waals surface area contributed by atoms with E-state index in [1.54, 1.807) is 41.8 Å². The fourth-order valence-electron chi connectivity index (χ4n) is 3.46. The SMILES string of the molecule is CC[C@H](C)n1c(S[C@@H](C)C(=O)c2ccc3c(c2)NC(=O)CO3)nc2ccccc2c1=O. The van der Waals surface area contributed by atoms with Crippen LogP contribution < -0.4 is 15.6 Å². The molecule has 1 N–H and O–H groups in total. The van der Waals surface area contributed by atoms with Crippen LogP contribution in [0.1, 0.15) is 43.6 Å². The largest absolute Gasteiger partial charge is 0.482 e. The van der Waals surface area contributed by atoms with Crippen molar-refractivity contribution in [3.8, 4) is 5.75 Å². The zero-order chi connectivity index (χ0) is 22.1. The monoisotopic (exact) mass is 437 g/mol. The highest BCUT2D eigenvalue weighted by atomic mass is 32.2. The molecule has 2 heterocycles. The van der Waals surface area contributed by atoms with E-state index in [2.05, 4.69) is 5.32 Å². The molecule has 2 aromatic carbocycles. The third-order valence-electron chi connectivity index (χ3n) is 5.36. The number of carbonyl (C=O) groups is 2. The lowest BCUT2D eigenvalue weighted by Gasteiger charge is -2.21. The van der Waals surface area contributed by atoms with Crippen molar-refractivity contribution in [3.05, 3.63) is 58.4 Å². The van der Waals surface area contributed by atoms with E-state index in [4.69, 9.17) is 9.72 Å². The molecule has 31 heavy (non-hydrogen) atoms. The normalized spacial score (nSPS) is 15.0. The van der Waals surface area contributed by atoms with Gasteiger partial charge in [0.15, 0.2) is 17.5 Å². The molecule has 8 heteroatoms. The van der Waals surface area contributed by atoms with Crippen molar-refractivity contribution >= 4 is 40.0 Å². The molecule has 1 aliphatic heterocycles. The molecule has 1 amide bonds. The molecule has 160 valence electrons. The zero-order valence-electron chi connectivity index (χ0n) is 17.5. The Morgan fingerprint density at radius 2 is 2.00 bits per heavy atom. The number of carbonyl (C=O) groups excluding carboxylic acids is 2. The number of benzene rings is 2. The lowest BCUT2D eigenvalue weighted by molar-refractivity contribution is -0.118. The average Bonchev–Trinajstić information content (AvgIpc) is 2.77. The second kappa shape index (κ2) is 8.55. The molecule has 3 aromatic rings. The number of ether oxygens (including phenoxy) is 1. The summed E-state index contributed by atoms with van der Waals surface area (Å²) < 4.78 is 7.04. The lowest BCUT2D eigenvalue weighted by Crippen LogP contribution is -2.27. The van der Waals surface area contributed by atoms with Gasteiger partial charge < -0.3 is 10.1 Å². The number of aromatic nitrogens is 2. The van der Waals surface area contributed by atoms with Crippen LogP contribution >= 0.6 is 11.8 Å². The number of Topliss-reactive ketones (excluding diaryl/α,β-unsaturated/α-hetero) is 1. The summed E-state index contributed by atoms with van der Waals surface area (Å²) in [5, 5.41) is 3.33. The smallest absolute Gasteiger partial charge is 0.262 e. The van der Waals surface area contributed by atoms with Crippen molar-refractivity contribution in [2.75, 3.05) is 11.9 Å². The number of anilines is 1. The molecule has 0 radical (unpaired) electrons. The minimum Gasteiger partial charge on any atom is -0.482 e. The highest BCUT2D eigenvalue weighted by Gasteiger charge is 2.24. The Labute approximate surface area is 183 Å². The average molecular weight is 438 g/mol. The Balaban J connectivity index is 1.67. The maximum absolute atomic E-state index is 13.1. The number of hydrogen-bond acceptors (Lipinski definition) is 6. The molecule has 0 saturated heterocycles. The Morgan fingerprint density at radius 3 is 2.77 bits per heavy atom. The standard InChI is InChI=1S/C23H23N3O4S/c1-4-13(2)26-22(29)16-7-5-6-8-17(16)25-23(26)31-14(3)21(28)15-9-10-19-18(11-15)24-20(27)12-30-19/h5-11,13-14H,4,12H2,1-3H3,(H,24,27)/t13-,14-/m0/s1. The van der Waals surface area contributed by atoms with E-state index in [1.807, 2.05) is 26.0 Å². The summed E-state index contributed by atoms with van der Waals surface area (Å²) in [5.41, 5.74) is 1.46. The topological polar surface area (TPSA) is 90.3 Å². The third-order valence-corrected chi connectivity index (χ3v) is 6.42. The minimum absolute atomic E-state index is 0.0344. The molecule has 0 spiro atoms. The van der Waals surface area contributed by atoms with Gasteiger partial charge in [-0.2, -0.15) is 0 Å². The molecule has 7 nitrogen and oxygen atoms in total. The highest BCUT2D eigenvalue weighted by Crippen LogP contribution is 2.32. The number of fused-ring (bicyclic) bond motifs is 2. The van der Waals surface area contributed by atoms with Crippen LogP contribution in [0.2, 0.25) is 0 Å². The summed E-state index contributed by atoms with van der Waals surface area (Å²) in [4.78, 5) is 42.5. The van der Waals surface area contributed by atoms with Crippen molar-refractivity contribution < 1.29 is 14.3 Å². The predicted octanol–water partition coefficient (Wildman–Crippen LogP) is 4.06. The van der Waals surface area contributed by atoms with Crippen LogP contribution in [-0.2, 0) is 4.79 Å². The summed E-state index contributed by atoms with van der Waals surface area (Å²) >= 11 is 1.27. The highest BCUT2D eigenvalue weighted by molar-refractivity contribution is 8.00. The van der Waals surface area contributed by atoms with Crippen LogP contribution in [0.5, 0.6) is 5.75 Å². The first-order valence-electron chi connectivity index (χ1n) is 10.2. The second-order valence-electron chi connectivity index (χ2n) is 7.52. The van der Waals surface area contributed by atoms with Gasteiger partial charge in [0.25, 0.3) is 11.5 Å². The molecule has 0 fully saturated rings. The maximum atomic E-state index is 13.1. The van der Waals surface area contributed by atoms with E-state index in [1.165, 1.54) is 11.8 Å². The Kier molecular flexibility index (Phi) is 5.82. The van der Waals surface area contributed by atoms with Crippen molar-refractivity contribution in [2.45, 2.75) is 43.6 Å². The van der Waals surface area contributed by atoms with Crippen LogP contribution in [0.4, 0.5) is 5.69 Å². The molecule has 0 saturated carbocycles. The van der Waals surface area contributed by atoms with E-state index in [0.717, 1.165) is 6.42 Å². The first-order chi connectivity index (χ1) is 14.9. The van der Waals surface area contributed by atoms with Crippen LogP contribution in [0.15, 0.2) is 52.4 Å². The summed E-state index contributed by atoms with van der Waals surface area (Å²) in [6.45, 7) is 5.75. The van der Waals surface area contributed by atoms with E-state index in [9.17, 15) is 14.4 Å². The number of rotatable bonds is 6. The maximum Gasteiger partial charge on any atom is 0.262 e. The van der Waals surface area contributed by atoms with Gasteiger partial charge in [0.1, 0.15) is 5.75 Å². The zero-order valence-corrected chi connectivity index (χ0v) is 18.4. The van der Waals surface area contributed by atoms with Gasteiger partial charge in [-0.1, -0.05) is 30.8 Å². The number of nitrogens with one attached hydrogen (secondary N) is 1. The summed E-state index contributed by atoms with van der Waals surface area (Å²) in [6, 6.07) is 12.2. The van der Waals surface area contributed by atoms with Gasteiger partial charge in [-0.05, 0) is 50.6 Å². The van der Waals surface area contributed by atoms with E-state index in [0.29, 0.717) is 33.1 Å². The van der Waals surface area contributed by atoms with Gasteiger partial charge in [-0.15, -0.1) is 0 Å². The summed E-state index contributed by atoms with van der Waals surface area (Å²) in [7, 11) is 0. The van der Waals surface area contributed by atoms with E-state index in [-0.39, 0.29) is 29.9 Å².